The van der Waals surface area contributed by atoms with Crippen molar-refractivity contribution in [1.29, 1.82) is 0 Å². The average molecular weight is 464 g/mol. The highest BCUT2D eigenvalue weighted by Gasteiger charge is 2.39. The Bertz CT molecular complexity index is 940. The van der Waals surface area contributed by atoms with Crippen molar-refractivity contribution >= 4 is 22.5 Å². The number of aliphatic hydroxyl groups excluding tert-OH is 1. The number of Topliss-reactive ketones (excluding diaryl/α,β-unsaturated/α-hetero) is 2. The van der Waals surface area contributed by atoms with Gasteiger partial charge in [-0.25, -0.2) is 0 Å². The number of hydrogen-bond acceptors (Lipinski definition) is 4. The fourth-order valence-electron chi connectivity index (χ4n) is 4.38. The van der Waals surface area contributed by atoms with Gasteiger partial charge in [0.2, 0.25) is 0 Å². The number of aliphatic hydroxyl groups is 1. The van der Waals surface area contributed by atoms with E-state index in [-0.39, 0.29) is 23.9 Å². The molecule has 4 heteroatoms. The number of rotatable bonds is 0. The number of carbonyl (C=O) groups is 2. The zero-order valence-electron chi connectivity index (χ0n) is 21.5. The second kappa shape index (κ2) is 13.3. The Morgan fingerprint density at radius 3 is 2.50 bits per heavy atom. The van der Waals surface area contributed by atoms with E-state index in [1.54, 1.807) is 13.8 Å². The normalized spacial score (nSPS) is 27.2. The van der Waals surface area contributed by atoms with E-state index in [2.05, 4.69) is 49.2 Å². The largest absolute Gasteiger partial charge is 0.392 e. The highest BCUT2D eigenvalue weighted by Crippen LogP contribution is 2.31. The molecule has 3 atom stereocenters. The molecule has 1 aliphatic rings. The van der Waals surface area contributed by atoms with Gasteiger partial charge in [-0.3, -0.25) is 14.6 Å². The standard InChI is InChI=1S/C21H34O3.C9H7N/c1-15-9-6-7-12-18(22)14-19(23)21(4,5)20(24)17(3)13-16(2)11-8-10-15;1-2-6-9-8(4-1)5-3-7-10-9/h8-10,16-17,19,23H,6-7,11-14H2,1-5H3;1-7H/b10-8+,15-9-;/t16-,17?,19-;/m0./s1. The Kier molecular flexibility index (Phi) is 10.8. The van der Waals surface area contributed by atoms with E-state index in [4.69, 9.17) is 0 Å². The van der Waals surface area contributed by atoms with Crippen LogP contribution in [-0.4, -0.2) is 27.8 Å². The molecule has 0 spiro atoms. The van der Waals surface area contributed by atoms with Crippen LogP contribution in [0.1, 0.15) is 73.1 Å². The van der Waals surface area contributed by atoms with Crippen LogP contribution in [0.3, 0.4) is 0 Å². The van der Waals surface area contributed by atoms with E-state index < -0.39 is 11.5 Å². The zero-order chi connectivity index (χ0) is 25.1. The van der Waals surface area contributed by atoms with E-state index in [0.29, 0.717) is 12.3 Å². The van der Waals surface area contributed by atoms with Crippen molar-refractivity contribution in [3.63, 3.8) is 0 Å². The maximum atomic E-state index is 12.8. The van der Waals surface area contributed by atoms with Crippen molar-refractivity contribution in [2.45, 2.75) is 79.2 Å². The fourth-order valence-corrected chi connectivity index (χ4v) is 4.38. The summed E-state index contributed by atoms with van der Waals surface area (Å²) < 4.78 is 0. The lowest BCUT2D eigenvalue weighted by molar-refractivity contribution is -0.139. The zero-order valence-corrected chi connectivity index (χ0v) is 21.5. The number of pyridine rings is 1. The molecule has 1 heterocycles. The minimum atomic E-state index is -0.902. The monoisotopic (exact) mass is 463 g/mol. The summed E-state index contributed by atoms with van der Waals surface area (Å²) in [4.78, 5) is 29.0. The summed E-state index contributed by atoms with van der Waals surface area (Å²) >= 11 is 0. The van der Waals surface area contributed by atoms with Crippen molar-refractivity contribution < 1.29 is 14.7 Å². The Balaban J connectivity index is 0.000000333. The number of benzene rings is 1. The third-order valence-electron chi connectivity index (χ3n) is 6.65. The summed E-state index contributed by atoms with van der Waals surface area (Å²) in [5.74, 6) is 0.396. The van der Waals surface area contributed by atoms with Crippen LogP contribution in [0.15, 0.2) is 66.4 Å². The number of ketones is 2. The molecule has 1 aliphatic carbocycles. The molecule has 1 aromatic heterocycles. The first-order chi connectivity index (χ1) is 16.1. The fraction of sp³-hybridized carbons (Fsp3) is 0.500. The first-order valence-electron chi connectivity index (χ1n) is 12.5. The molecule has 0 bridgehead atoms. The number of aromatic nitrogens is 1. The second-order valence-electron chi connectivity index (χ2n) is 10.3. The highest BCUT2D eigenvalue weighted by atomic mass is 16.3. The van der Waals surface area contributed by atoms with E-state index in [1.807, 2.05) is 37.4 Å². The summed E-state index contributed by atoms with van der Waals surface area (Å²) in [7, 11) is 0. The number of allylic oxidation sites excluding steroid dienone is 4. The molecule has 0 radical (unpaired) electrons. The molecule has 1 aromatic carbocycles. The number of carbonyl (C=O) groups excluding carboxylic acids is 2. The molecule has 4 nitrogen and oxygen atoms in total. The van der Waals surface area contributed by atoms with Crippen LogP contribution in [0, 0.1) is 17.3 Å². The Labute approximate surface area is 205 Å². The van der Waals surface area contributed by atoms with Gasteiger partial charge in [0, 0.05) is 35.8 Å². The minimum Gasteiger partial charge on any atom is -0.392 e. The number of hydrogen-bond donors (Lipinski definition) is 1. The Morgan fingerprint density at radius 1 is 1.06 bits per heavy atom. The van der Waals surface area contributed by atoms with E-state index in [0.717, 1.165) is 31.2 Å². The maximum Gasteiger partial charge on any atom is 0.143 e. The van der Waals surface area contributed by atoms with Crippen LogP contribution in [0.5, 0.6) is 0 Å². The predicted molar refractivity (Wildman–Crippen MR) is 140 cm³/mol. The van der Waals surface area contributed by atoms with Gasteiger partial charge >= 0.3 is 0 Å². The number of fused-ring (bicyclic) bond motifs is 1. The van der Waals surface area contributed by atoms with E-state index in [9.17, 15) is 14.7 Å². The topological polar surface area (TPSA) is 67.3 Å². The van der Waals surface area contributed by atoms with Gasteiger partial charge in [-0.05, 0) is 50.7 Å². The van der Waals surface area contributed by atoms with Crippen molar-refractivity contribution in [3.8, 4) is 0 Å². The second-order valence-corrected chi connectivity index (χ2v) is 10.3. The van der Waals surface area contributed by atoms with Crippen LogP contribution >= 0.6 is 0 Å². The smallest absolute Gasteiger partial charge is 0.143 e. The summed E-state index contributed by atoms with van der Waals surface area (Å²) in [5, 5.41) is 11.6. The first-order valence-corrected chi connectivity index (χ1v) is 12.5. The van der Waals surface area contributed by atoms with Crippen LogP contribution < -0.4 is 0 Å². The van der Waals surface area contributed by atoms with Crippen molar-refractivity contribution in [3.05, 3.63) is 66.4 Å². The molecule has 0 saturated heterocycles. The van der Waals surface area contributed by atoms with E-state index in [1.165, 1.54) is 11.0 Å². The van der Waals surface area contributed by atoms with Crippen molar-refractivity contribution in [1.82, 2.24) is 4.98 Å². The molecule has 1 N–H and O–H groups in total. The maximum absolute atomic E-state index is 12.8. The van der Waals surface area contributed by atoms with Crippen LogP contribution in [-0.2, 0) is 9.59 Å². The van der Waals surface area contributed by atoms with Crippen molar-refractivity contribution in [2.75, 3.05) is 0 Å². The SMILES string of the molecule is CC1=C/CCCC(=O)C[C@H](O)C(C)(C)C(=O)C(C)C[C@@H](C)C\C=C\1.c1ccc2ncccc2c1. The van der Waals surface area contributed by atoms with Crippen LogP contribution in [0.4, 0.5) is 0 Å². The first kappa shape index (κ1) is 27.7. The van der Waals surface area contributed by atoms with Crippen LogP contribution in [0.2, 0.25) is 0 Å². The molecule has 1 unspecified atom stereocenters. The van der Waals surface area contributed by atoms with E-state index >= 15 is 0 Å². The summed E-state index contributed by atoms with van der Waals surface area (Å²) in [6, 6.07) is 12.1. The quantitative estimate of drug-likeness (QED) is 0.463. The lowest BCUT2D eigenvalue weighted by Crippen LogP contribution is -2.41. The molecule has 0 aliphatic heterocycles. The molecule has 0 saturated carbocycles. The van der Waals surface area contributed by atoms with Gasteiger partial charge in [0.25, 0.3) is 0 Å². The predicted octanol–water partition coefficient (Wildman–Crippen LogP) is 6.88. The third-order valence-corrected chi connectivity index (χ3v) is 6.65. The molecular formula is C30H41NO3. The molecule has 3 rings (SSSR count). The van der Waals surface area contributed by atoms with Crippen LogP contribution in [0.25, 0.3) is 10.9 Å². The van der Waals surface area contributed by atoms with Gasteiger partial charge < -0.3 is 5.11 Å². The Morgan fingerprint density at radius 2 is 1.76 bits per heavy atom. The number of nitrogens with zero attached hydrogens (tertiary/aromatic N) is 1. The molecular weight excluding hydrogens is 422 g/mol. The molecule has 184 valence electrons. The van der Waals surface area contributed by atoms with Crippen molar-refractivity contribution in [2.24, 2.45) is 17.3 Å². The van der Waals surface area contributed by atoms with Gasteiger partial charge in [-0.2, -0.15) is 0 Å². The average Bonchev–Trinajstić information content (AvgIpc) is 2.81. The molecule has 2 aromatic rings. The Hall–Kier alpha value is -2.59. The molecule has 34 heavy (non-hydrogen) atoms. The lowest BCUT2D eigenvalue weighted by atomic mass is 9.73. The summed E-state index contributed by atoms with van der Waals surface area (Å²) in [6.45, 7) is 9.70. The van der Waals surface area contributed by atoms with Gasteiger partial charge in [-0.1, -0.05) is 75.8 Å². The lowest BCUT2D eigenvalue weighted by Gasteiger charge is -2.32. The molecule has 0 amide bonds. The summed E-state index contributed by atoms with van der Waals surface area (Å²) in [5.41, 5.74) is 1.40. The van der Waals surface area contributed by atoms with Gasteiger partial charge in [0.15, 0.2) is 0 Å². The summed E-state index contributed by atoms with van der Waals surface area (Å²) in [6.07, 6.45) is 11.3. The number of para-hydroxylation sites is 1. The third kappa shape index (κ3) is 8.64. The van der Waals surface area contributed by atoms with Gasteiger partial charge in [-0.15, -0.1) is 0 Å². The van der Waals surface area contributed by atoms with Gasteiger partial charge in [0.1, 0.15) is 11.6 Å². The minimum absolute atomic E-state index is 0.0399. The molecule has 0 fully saturated rings. The van der Waals surface area contributed by atoms with Gasteiger partial charge in [0.05, 0.1) is 11.6 Å². The highest BCUT2D eigenvalue weighted by molar-refractivity contribution is 5.88.